The number of Topliss-reactive ketones (excluding diaryl/α,β-unsaturated/α-hetero) is 1. The Hall–Kier alpha value is -2.69. The number of halogens is 6. The SMILES string of the molecule is C[C@]1(COCc2ccccc2)[C@@](C)(COCc2c(C(F)(F)F)cccc2C(F)(F)F)C(=O)[C@H]2C=CC[C@]21O. The second-order valence-corrected chi connectivity index (χ2v) is 10.4. The maximum Gasteiger partial charge on any atom is 0.416 e. The van der Waals surface area contributed by atoms with Crippen LogP contribution in [-0.2, 0) is 39.8 Å². The molecule has 4 nitrogen and oxygen atoms in total. The number of rotatable bonds is 8. The Balaban J connectivity index is 1.61. The van der Waals surface area contributed by atoms with Gasteiger partial charge in [-0.3, -0.25) is 4.79 Å². The van der Waals surface area contributed by atoms with Crippen LogP contribution in [0.1, 0.15) is 42.5 Å². The fraction of sp³-hybridized carbons (Fsp3) is 0.464. The summed E-state index contributed by atoms with van der Waals surface area (Å²) in [7, 11) is 0. The van der Waals surface area contributed by atoms with Gasteiger partial charge in [-0.1, -0.05) is 55.5 Å². The molecule has 206 valence electrons. The maximum atomic E-state index is 13.6. The number of hydrogen-bond acceptors (Lipinski definition) is 4. The van der Waals surface area contributed by atoms with Crippen LogP contribution in [0.5, 0.6) is 0 Å². The lowest BCUT2D eigenvalue weighted by Gasteiger charge is -2.46. The molecule has 0 unspecified atom stereocenters. The van der Waals surface area contributed by atoms with Crippen molar-refractivity contribution in [3.63, 3.8) is 0 Å². The zero-order chi connectivity index (χ0) is 28.0. The van der Waals surface area contributed by atoms with Gasteiger partial charge in [0, 0.05) is 11.0 Å². The highest BCUT2D eigenvalue weighted by molar-refractivity contribution is 5.94. The number of hydrogen-bond donors (Lipinski definition) is 1. The fourth-order valence-electron chi connectivity index (χ4n) is 5.73. The molecule has 10 heteroatoms. The summed E-state index contributed by atoms with van der Waals surface area (Å²) in [5, 5.41) is 11.7. The molecule has 4 atom stereocenters. The minimum absolute atomic E-state index is 0.0882. The van der Waals surface area contributed by atoms with E-state index in [1.165, 1.54) is 6.92 Å². The summed E-state index contributed by atoms with van der Waals surface area (Å²) in [4.78, 5) is 13.6. The van der Waals surface area contributed by atoms with Gasteiger partial charge in [-0.15, -0.1) is 0 Å². The van der Waals surface area contributed by atoms with E-state index in [1.54, 1.807) is 19.1 Å². The number of benzene rings is 2. The third-order valence-corrected chi connectivity index (χ3v) is 8.20. The van der Waals surface area contributed by atoms with Crippen LogP contribution in [-0.4, -0.2) is 29.7 Å². The van der Waals surface area contributed by atoms with Crippen LogP contribution >= 0.6 is 0 Å². The zero-order valence-corrected chi connectivity index (χ0v) is 20.8. The van der Waals surface area contributed by atoms with Crippen LogP contribution in [0.2, 0.25) is 0 Å². The molecule has 0 amide bonds. The predicted molar refractivity (Wildman–Crippen MR) is 126 cm³/mol. The number of ether oxygens (including phenoxy) is 2. The highest BCUT2D eigenvalue weighted by Crippen LogP contribution is 2.62. The topological polar surface area (TPSA) is 55.8 Å². The third kappa shape index (κ3) is 4.67. The number of carbonyl (C=O) groups is 1. The van der Waals surface area contributed by atoms with Gasteiger partial charge in [0.2, 0.25) is 0 Å². The van der Waals surface area contributed by atoms with E-state index in [0.29, 0.717) is 18.2 Å². The minimum Gasteiger partial charge on any atom is -0.388 e. The zero-order valence-electron chi connectivity index (χ0n) is 20.8. The van der Waals surface area contributed by atoms with Gasteiger partial charge < -0.3 is 14.6 Å². The molecule has 1 saturated carbocycles. The second kappa shape index (κ2) is 9.81. The van der Waals surface area contributed by atoms with Crippen LogP contribution in [0, 0.1) is 16.7 Å². The Labute approximate surface area is 216 Å². The number of ketones is 1. The lowest BCUT2D eigenvalue weighted by Crippen LogP contribution is -2.54. The maximum absolute atomic E-state index is 13.6. The number of fused-ring (bicyclic) bond motifs is 1. The summed E-state index contributed by atoms with van der Waals surface area (Å²) in [5.74, 6) is -1.30. The molecule has 2 aliphatic carbocycles. The van der Waals surface area contributed by atoms with Gasteiger partial charge in [0.15, 0.2) is 5.78 Å². The van der Waals surface area contributed by atoms with Crippen molar-refractivity contribution in [1.82, 2.24) is 0 Å². The Bertz CT molecular complexity index is 1180. The first-order valence-corrected chi connectivity index (χ1v) is 12.0. The largest absolute Gasteiger partial charge is 0.416 e. The van der Waals surface area contributed by atoms with Gasteiger partial charge in [0.05, 0.1) is 54.5 Å². The van der Waals surface area contributed by atoms with E-state index in [1.807, 2.05) is 30.3 Å². The molecule has 0 heterocycles. The van der Waals surface area contributed by atoms with Gasteiger partial charge in [0.1, 0.15) is 0 Å². The first kappa shape index (κ1) is 28.3. The molecule has 1 fully saturated rings. The van der Waals surface area contributed by atoms with Crippen molar-refractivity contribution in [2.45, 2.75) is 51.4 Å². The number of alkyl halides is 6. The summed E-state index contributed by atoms with van der Waals surface area (Å²) in [6, 6.07) is 11.0. The fourth-order valence-corrected chi connectivity index (χ4v) is 5.73. The Morgan fingerprint density at radius 1 is 0.868 bits per heavy atom. The smallest absolute Gasteiger partial charge is 0.388 e. The van der Waals surface area contributed by atoms with Gasteiger partial charge >= 0.3 is 12.4 Å². The van der Waals surface area contributed by atoms with Crippen molar-refractivity contribution < 1.29 is 45.7 Å². The molecule has 0 radical (unpaired) electrons. The molecular formula is C28H28F6O4. The van der Waals surface area contributed by atoms with Crippen molar-refractivity contribution in [3.8, 4) is 0 Å². The third-order valence-electron chi connectivity index (χ3n) is 8.20. The van der Waals surface area contributed by atoms with Crippen molar-refractivity contribution in [2.24, 2.45) is 16.7 Å². The average molecular weight is 543 g/mol. The lowest BCUT2D eigenvalue weighted by atomic mass is 9.62. The molecule has 0 saturated heterocycles. The van der Waals surface area contributed by atoms with E-state index in [0.717, 1.165) is 5.56 Å². The van der Waals surface area contributed by atoms with Crippen LogP contribution < -0.4 is 0 Å². The summed E-state index contributed by atoms with van der Waals surface area (Å²) >= 11 is 0. The molecular weight excluding hydrogens is 514 g/mol. The van der Waals surface area contributed by atoms with E-state index in [2.05, 4.69) is 0 Å². The first-order chi connectivity index (χ1) is 17.7. The minimum atomic E-state index is -5.04. The molecule has 2 aromatic carbocycles. The highest BCUT2D eigenvalue weighted by Gasteiger charge is 2.72. The van der Waals surface area contributed by atoms with Crippen molar-refractivity contribution >= 4 is 5.78 Å². The molecule has 0 aromatic heterocycles. The summed E-state index contributed by atoms with van der Waals surface area (Å²) in [6.07, 6.45) is -6.65. The highest BCUT2D eigenvalue weighted by atomic mass is 19.4. The summed E-state index contributed by atoms with van der Waals surface area (Å²) in [5.41, 5.74) is -7.36. The summed E-state index contributed by atoms with van der Waals surface area (Å²) in [6.45, 7) is 1.74. The van der Waals surface area contributed by atoms with Crippen LogP contribution in [0.25, 0.3) is 0 Å². The Morgan fingerprint density at radius 2 is 1.45 bits per heavy atom. The predicted octanol–water partition coefficient (Wildman–Crippen LogP) is 6.36. The van der Waals surface area contributed by atoms with E-state index in [4.69, 9.17) is 9.47 Å². The van der Waals surface area contributed by atoms with Gasteiger partial charge in [0.25, 0.3) is 0 Å². The molecule has 0 aliphatic heterocycles. The molecule has 38 heavy (non-hydrogen) atoms. The summed E-state index contributed by atoms with van der Waals surface area (Å²) < 4.78 is 92.8. The quantitative estimate of drug-likeness (QED) is 0.312. The molecule has 2 aliphatic rings. The molecule has 4 rings (SSSR count). The monoisotopic (exact) mass is 542 g/mol. The van der Waals surface area contributed by atoms with E-state index in [-0.39, 0.29) is 19.6 Å². The first-order valence-electron chi connectivity index (χ1n) is 12.0. The van der Waals surface area contributed by atoms with Gasteiger partial charge in [-0.25, -0.2) is 0 Å². The number of carbonyl (C=O) groups excluding carboxylic acids is 1. The van der Waals surface area contributed by atoms with Crippen molar-refractivity contribution in [3.05, 3.63) is 82.9 Å². The lowest BCUT2D eigenvalue weighted by molar-refractivity contribution is -0.161. The number of aliphatic hydroxyl groups is 1. The van der Waals surface area contributed by atoms with Gasteiger partial charge in [-0.2, -0.15) is 26.3 Å². The van der Waals surface area contributed by atoms with E-state index < -0.39 is 70.4 Å². The molecule has 0 spiro atoms. The standard InChI is InChI=1S/C28H28F6O4/c1-24(16-38-15-19-20(27(29,30)31)10-6-11-21(19)28(32,33)34)23(35)22-12-7-13-26(22,36)25(24,2)17-37-14-18-8-4-3-5-9-18/h3-12,22,36H,13-17H2,1-2H3/t22-,24+,25+,26+/m1/s1. The molecule has 0 bridgehead atoms. The van der Waals surface area contributed by atoms with Crippen LogP contribution in [0.3, 0.4) is 0 Å². The Morgan fingerprint density at radius 3 is 2.03 bits per heavy atom. The van der Waals surface area contributed by atoms with Crippen LogP contribution in [0.4, 0.5) is 26.3 Å². The molecule has 1 N–H and O–H groups in total. The van der Waals surface area contributed by atoms with E-state index >= 15 is 0 Å². The van der Waals surface area contributed by atoms with Gasteiger partial charge in [-0.05, 0) is 31.0 Å². The molecule has 2 aromatic rings. The average Bonchev–Trinajstić information content (AvgIpc) is 3.29. The normalized spacial score (nSPS) is 29.2. The Kier molecular flexibility index (Phi) is 7.31. The van der Waals surface area contributed by atoms with E-state index in [9.17, 15) is 36.2 Å². The second-order valence-electron chi connectivity index (χ2n) is 10.4. The van der Waals surface area contributed by atoms with Crippen molar-refractivity contribution in [2.75, 3.05) is 13.2 Å². The van der Waals surface area contributed by atoms with Crippen molar-refractivity contribution in [1.29, 1.82) is 0 Å². The van der Waals surface area contributed by atoms with Crippen LogP contribution in [0.15, 0.2) is 60.7 Å².